The lowest BCUT2D eigenvalue weighted by Crippen LogP contribution is -2.32. The Morgan fingerprint density at radius 2 is 1.63 bits per heavy atom. The van der Waals surface area contributed by atoms with Crippen molar-refractivity contribution in [2.75, 3.05) is 6.79 Å². The van der Waals surface area contributed by atoms with Crippen molar-refractivity contribution in [3.63, 3.8) is 0 Å². The Balaban J connectivity index is 1.55. The number of nitrogens with one attached hydrogen (secondary N) is 1. The summed E-state index contributed by atoms with van der Waals surface area (Å²) in [4.78, 5) is 27.4. The SMILES string of the molecule is CC(=O)c1ccc(S(=O)(=O)N(Cc2ccccc2)Cc2cc3cc4c(cc3[nH]c2=O)OCO4)cc1. The van der Waals surface area contributed by atoms with Crippen LogP contribution in [0.5, 0.6) is 11.5 Å². The van der Waals surface area contributed by atoms with Crippen LogP contribution in [0.3, 0.4) is 0 Å². The van der Waals surface area contributed by atoms with Gasteiger partial charge in [0.1, 0.15) is 0 Å². The highest BCUT2D eigenvalue weighted by molar-refractivity contribution is 7.89. The van der Waals surface area contributed by atoms with Crippen LogP contribution >= 0.6 is 0 Å². The Morgan fingerprint density at radius 3 is 2.31 bits per heavy atom. The molecule has 1 aromatic heterocycles. The average Bonchev–Trinajstić information content (AvgIpc) is 3.30. The number of fused-ring (bicyclic) bond motifs is 2. The summed E-state index contributed by atoms with van der Waals surface area (Å²) in [6.07, 6.45) is 0. The number of hydrogen-bond acceptors (Lipinski definition) is 6. The minimum atomic E-state index is -3.99. The Hall–Kier alpha value is -3.95. The number of sulfonamides is 1. The molecule has 9 heteroatoms. The minimum absolute atomic E-state index is 0.0408. The average molecular weight is 491 g/mol. The van der Waals surface area contributed by atoms with Crippen LogP contribution in [-0.4, -0.2) is 30.3 Å². The van der Waals surface area contributed by atoms with Crippen LogP contribution in [0.2, 0.25) is 0 Å². The molecule has 1 N–H and O–H groups in total. The zero-order valence-electron chi connectivity index (χ0n) is 18.9. The molecule has 3 aromatic carbocycles. The van der Waals surface area contributed by atoms with E-state index >= 15 is 0 Å². The Bertz CT molecular complexity index is 1580. The van der Waals surface area contributed by atoms with Crippen LogP contribution in [-0.2, 0) is 23.1 Å². The highest BCUT2D eigenvalue weighted by atomic mass is 32.2. The van der Waals surface area contributed by atoms with Gasteiger partial charge in [0.05, 0.1) is 10.4 Å². The molecule has 4 aromatic rings. The molecule has 0 atom stereocenters. The number of hydrogen-bond donors (Lipinski definition) is 1. The van der Waals surface area contributed by atoms with Gasteiger partial charge in [-0.2, -0.15) is 4.31 Å². The molecule has 2 heterocycles. The normalized spacial score (nSPS) is 12.9. The van der Waals surface area contributed by atoms with Gasteiger partial charge in [-0.15, -0.1) is 0 Å². The minimum Gasteiger partial charge on any atom is -0.454 e. The van der Waals surface area contributed by atoms with Crippen molar-refractivity contribution in [2.45, 2.75) is 24.9 Å². The van der Waals surface area contributed by atoms with Gasteiger partial charge >= 0.3 is 0 Å². The van der Waals surface area contributed by atoms with E-state index < -0.39 is 15.6 Å². The quantitative estimate of drug-likeness (QED) is 0.395. The zero-order valence-corrected chi connectivity index (χ0v) is 19.7. The summed E-state index contributed by atoms with van der Waals surface area (Å²) in [6.45, 7) is 1.44. The Labute approximate surface area is 201 Å². The van der Waals surface area contributed by atoms with Crippen LogP contribution in [0.4, 0.5) is 0 Å². The van der Waals surface area contributed by atoms with Crippen molar-refractivity contribution >= 4 is 26.7 Å². The predicted octanol–water partition coefficient (Wildman–Crippen LogP) is 3.85. The molecule has 8 nitrogen and oxygen atoms in total. The van der Waals surface area contributed by atoms with Crippen LogP contribution in [0.25, 0.3) is 10.9 Å². The van der Waals surface area contributed by atoms with Crippen molar-refractivity contribution in [1.29, 1.82) is 0 Å². The molecular formula is C26H22N2O6S. The first-order valence-electron chi connectivity index (χ1n) is 10.9. The lowest BCUT2D eigenvalue weighted by atomic mass is 10.1. The largest absolute Gasteiger partial charge is 0.454 e. The second kappa shape index (κ2) is 9.01. The number of pyridine rings is 1. The summed E-state index contributed by atoms with van der Waals surface area (Å²) in [5.74, 6) is 0.955. The van der Waals surface area contributed by atoms with E-state index in [9.17, 15) is 18.0 Å². The van der Waals surface area contributed by atoms with Gasteiger partial charge in [-0.1, -0.05) is 42.5 Å². The van der Waals surface area contributed by atoms with Gasteiger partial charge in [0.15, 0.2) is 17.3 Å². The van der Waals surface area contributed by atoms with E-state index in [2.05, 4.69) is 4.98 Å². The summed E-state index contributed by atoms with van der Waals surface area (Å²) in [5, 5.41) is 0.701. The highest BCUT2D eigenvalue weighted by Gasteiger charge is 2.26. The summed E-state index contributed by atoms with van der Waals surface area (Å²) in [5.41, 5.74) is 1.66. The van der Waals surface area contributed by atoms with Gasteiger partial charge in [-0.05, 0) is 36.8 Å². The summed E-state index contributed by atoms with van der Waals surface area (Å²) in [6, 6.07) is 20.1. The number of carbonyl (C=O) groups excluding carboxylic acids is 1. The van der Waals surface area contributed by atoms with Crippen LogP contribution in [0.1, 0.15) is 28.4 Å². The van der Waals surface area contributed by atoms with E-state index in [1.807, 2.05) is 30.3 Å². The molecular weight excluding hydrogens is 468 g/mol. The number of ether oxygens (including phenoxy) is 2. The predicted molar refractivity (Wildman–Crippen MR) is 130 cm³/mol. The summed E-state index contributed by atoms with van der Waals surface area (Å²) >= 11 is 0. The van der Waals surface area contributed by atoms with E-state index in [4.69, 9.17) is 9.47 Å². The first kappa shape index (κ1) is 22.8. The lowest BCUT2D eigenvalue weighted by molar-refractivity contribution is 0.101. The molecule has 0 amide bonds. The van der Waals surface area contributed by atoms with Crippen molar-refractivity contribution in [3.8, 4) is 11.5 Å². The molecule has 5 rings (SSSR count). The van der Waals surface area contributed by atoms with Gasteiger partial charge < -0.3 is 14.5 Å². The first-order chi connectivity index (χ1) is 16.8. The number of aromatic amines is 1. The topological polar surface area (TPSA) is 106 Å². The van der Waals surface area contributed by atoms with Gasteiger partial charge in [0, 0.05) is 35.7 Å². The maximum Gasteiger partial charge on any atom is 0.252 e. The number of nitrogens with zero attached hydrogens (tertiary/aromatic N) is 1. The molecule has 178 valence electrons. The fourth-order valence-corrected chi connectivity index (χ4v) is 5.38. The standard InChI is InChI=1S/C26H22N2O6S/c1-17(29)19-7-9-22(10-8-19)35(31,32)28(14-18-5-3-2-4-6-18)15-21-11-20-12-24-25(34-16-33-24)13-23(20)27-26(21)30/h2-13H,14-16H2,1H3,(H,27,30). The maximum atomic E-state index is 13.6. The van der Waals surface area contributed by atoms with E-state index in [0.29, 0.717) is 28.0 Å². The fraction of sp³-hybridized carbons (Fsp3) is 0.154. The van der Waals surface area contributed by atoms with E-state index in [1.54, 1.807) is 18.2 Å². The number of rotatable bonds is 7. The number of Topliss-reactive ketones (excluding diaryl/α,β-unsaturated/α-hetero) is 1. The molecule has 1 aliphatic heterocycles. The Morgan fingerprint density at radius 1 is 0.943 bits per heavy atom. The number of aromatic nitrogens is 1. The zero-order chi connectivity index (χ0) is 24.6. The lowest BCUT2D eigenvalue weighted by Gasteiger charge is -2.22. The Kier molecular flexibility index (Phi) is 5.88. The second-order valence-electron chi connectivity index (χ2n) is 8.26. The fourth-order valence-electron chi connectivity index (χ4n) is 3.97. The molecule has 0 spiro atoms. The molecule has 1 aliphatic rings. The molecule has 0 unspecified atom stereocenters. The molecule has 0 radical (unpaired) electrons. The van der Waals surface area contributed by atoms with Crippen molar-refractivity contribution in [3.05, 3.63) is 99.8 Å². The first-order valence-corrected chi connectivity index (χ1v) is 12.4. The number of carbonyl (C=O) groups is 1. The second-order valence-corrected chi connectivity index (χ2v) is 10.2. The van der Waals surface area contributed by atoms with Gasteiger partial charge in [0.25, 0.3) is 5.56 Å². The van der Waals surface area contributed by atoms with Crippen LogP contribution in [0.15, 0.2) is 82.5 Å². The number of ketones is 1. The molecule has 0 fully saturated rings. The maximum absolute atomic E-state index is 13.6. The highest BCUT2D eigenvalue weighted by Crippen LogP contribution is 2.35. The molecule has 0 aliphatic carbocycles. The molecule has 0 bridgehead atoms. The summed E-state index contributed by atoms with van der Waals surface area (Å²) < 4.78 is 39.3. The smallest absolute Gasteiger partial charge is 0.252 e. The van der Waals surface area contributed by atoms with E-state index in [0.717, 1.165) is 5.56 Å². The molecule has 35 heavy (non-hydrogen) atoms. The molecule has 0 saturated heterocycles. The third-order valence-electron chi connectivity index (χ3n) is 5.86. The van der Waals surface area contributed by atoms with Gasteiger partial charge in [-0.25, -0.2) is 8.42 Å². The van der Waals surface area contributed by atoms with Gasteiger partial charge in [-0.3, -0.25) is 9.59 Å². The number of benzene rings is 3. The van der Waals surface area contributed by atoms with Crippen molar-refractivity contribution in [1.82, 2.24) is 9.29 Å². The molecule has 0 saturated carbocycles. The third kappa shape index (κ3) is 4.55. The third-order valence-corrected chi connectivity index (χ3v) is 7.67. The van der Waals surface area contributed by atoms with Gasteiger partial charge in [0.2, 0.25) is 16.8 Å². The van der Waals surface area contributed by atoms with Crippen molar-refractivity contribution < 1.29 is 22.7 Å². The van der Waals surface area contributed by atoms with Crippen LogP contribution < -0.4 is 15.0 Å². The number of H-pyrrole nitrogens is 1. The van der Waals surface area contributed by atoms with E-state index in [-0.39, 0.29) is 36.1 Å². The van der Waals surface area contributed by atoms with Crippen LogP contribution in [0, 0.1) is 0 Å². The van der Waals surface area contributed by atoms with E-state index in [1.165, 1.54) is 35.5 Å². The summed E-state index contributed by atoms with van der Waals surface area (Å²) in [7, 11) is -3.99. The monoisotopic (exact) mass is 490 g/mol. The van der Waals surface area contributed by atoms with Crippen molar-refractivity contribution in [2.24, 2.45) is 0 Å².